The quantitative estimate of drug-likeness (QED) is 0.0321. The average molecular weight is 957 g/mol. The lowest BCUT2D eigenvalue weighted by Crippen LogP contribution is -2.45. The number of carbonyl (C=O) groups is 2. The normalized spacial score (nSPS) is 12.8. The number of unbranched alkanes of at least 4 members (excludes halogenated alkanes) is 41. The molecule has 0 aromatic rings. The number of carbonyl (C=O) groups excluding carboxylic acids is 2. The Hall–Kier alpha value is -1.92. The summed E-state index contributed by atoms with van der Waals surface area (Å²) in [6.07, 6.45) is 71.7. The number of hydrogen-bond acceptors (Lipinski definition) is 5. The minimum Gasteiger partial charge on any atom is -0.466 e. The van der Waals surface area contributed by atoms with Crippen molar-refractivity contribution in [2.75, 3.05) is 13.2 Å². The minimum atomic E-state index is -0.855. The maximum Gasteiger partial charge on any atom is 0.305 e. The second kappa shape index (κ2) is 57.7. The van der Waals surface area contributed by atoms with Gasteiger partial charge in [0, 0.05) is 12.8 Å². The first-order chi connectivity index (χ1) is 33.5. The first kappa shape index (κ1) is 66.1. The fraction of sp³-hybridized carbons (Fsp3) is 0.871. The molecule has 0 aliphatic heterocycles. The molecule has 6 heteroatoms. The molecule has 68 heavy (non-hydrogen) atoms. The highest BCUT2D eigenvalue weighted by molar-refractivity contribution is 5.76. The summed E-state index contributed by atoms with van der Waals surface area (Å²) in [5.41, 5.74) is 0. The van der Waals surface area contributed by atoms with Gasteiger partial charge in [-0.05, 0) is 70.6 Å². The number of rotatable bonds is 56. The first-order valence-corrected chi connectivity index (χ1v) is 30.3. The summed E-state index contributed by atoms with van der Waals surface area (Å²) in [5.74, 6) is -0.0950. The monoisotopic (exact) mass is 956 g/mol. The maximum atomic E-state index is 12.5. The largest absolute Gasteiger partial charge is 0.466 e. The fourth-order valence-electron chi connectivity index (χ4n) is 9.25. The molecule has 0 radical (unpaired) electrons. The van der Waals surface area contributed by atoms with E-state index in [2.05, 4.69) is 43.5 Å². The Labute approximate surface area is 424 Å². The third-order valence-electron chi connectivity index (χ3n) is 13.9. The van der Waals surface area contributed by atoms with Gasteiger partial charge in [-0.1, -0.05) is 275 Å². The third kappa shape index (κ3) is 53.4. The number of esters is 1. The van der Waals surface area contributed by atoms with Gasteiger partial charge in [0.15, 0.2) is 0 Å². The van der Waals surface area contributed by atoms with Crippen molar-refractivity contribution in [1.82, 2.24) is 5.32 Å². The van der Waals surface area contributed by atoms with Crippen LogP contribution in [0.5, 0.6) is 0 Å². The topological polar surface area (TPSA) is 95.9 Å². The summed E-state index contributed by atoms with van der Waals surface area (Å²) in [7, 11) is 0. The molecule has 0 bridgehead atoms. The molecule has 0 saturated carbocycles. The highest BCUT2D eigenvalue weighted by Crippen LogP contribution is 2.17. The molecular formula is C62H117NO5. The summed E-state index contributed by atoms with van der Waals surface area (Å²) < 4.78 is 5.47. The van der Waals surface area contributed by atoms with Gasteiger partial charge in [0.2, 0.25) is 5.91 Å². The van der Waals surface area contributed by atoms with E-state index in [4.69, 9.17) is 4.74 Å². The van der Waals surface area contributed by atoms with Crippen LogP contribution in [0.4, 0.5) is 0 Å². The van der Waals surface area contributed by atoms with Crippen molar-refractivity contribution in [2.24, 2.45) is 0 Å². The van der Waals surface area contributed by atoms with E-state index in [1.807, 2.05) is 6.08 Å². The Kier molecular flexibility index (Phi) is 56.0. The van der Waals surface area contributed by atoms with Crippen LogP contribution in [0.3, 0.4) is 0 Å². The van der Waals surface area contributed by atoms with Gasteiger partial charge < -0.3 is 20.3 Å². The lowest BCUT2D eigenvalue weighted by atomic mass is 10.0. The van der Waals surface area contributed by atoms with Crippen molar-refractivity contribution >= 4 is 11.9 Å². The molecule has 0 heterocycles. The molecule has 2 atom stereocenters. The van der Waals surface area contributed by atoms with Gasteiger partial charge in [-0.25, -0.2) is 0 Å². The summed E-state index contributed by atoms with van der Waals surface area (Å²) in [6.45, 7) is 4.88. The van der Waals surface area contributed by atoms with Gasteiger partial charge >= 0.3 is 5.97 Å². The van der Waals surface area contributed by atoms with Crippen LogP contribution in [0.2, 0.25) is 0 Å². The van der Waals surface area contributed by atoms with Crippen molar-refractivity contribution in [3.05, 3.63) is 36.5 Å². The highest BCUT2D eigenvalue weighted by Gasteiger charge is 2.18. The van der Waals surface area contributed by atoms with Crippen LogP contribution < -0.4 is 5.32 Å². The molecule has 0 aliphatic carbocycles. The number of hydrogen-bond donors (Lipinski definition) is 3. The van der Waals surface area contributed by atoms with E-state index in [0.29, 0.717) is 19.4 Å². The third-order valence-corrected chi connectivity index (χ3v) is 13.9. The van der Waals surface area contributed by atoms with Crippen LogP contribution in [0.15, 0.2) is 36.5 Å². The zero-order valence-corrected chi connectivity index (χ0v) is 45.6. The second-order valence-electron chi connectivity index (χ2n) is 20.7. The van der Waals surface area contributed by atoms with E-state index < -0.39 is 12.1 Å². The van der Waals surface area contributed by atoms with Crippen molar-refractivity contribution in [3.63, 3.8) is 0 Å². The number of nitrogens with one attached hydrogen (secondary N) is 1. The Bertz CT molecular complexity index is 1100. The SMILES string of the molecule is CCCCCCCCCCCCCCCCC/C=C/C(O)C(CO)NC(=O)CCCCCCCCC/C=C\C/C=C\CCCCCOC(=O)CCCCCCCCCCCCCCCCCCC. The summed E-state index contributed by atoms with van der Waals surface area (Å²) in [6, 6.07) is -0.640. The molecule has 0 aromatic carbocycles. The van der Waals surface area contributed by atoms with Gasteiger partial charge in [0.05, 0.1) is 25.4 Å². The molecule has 6 nitrogen and oxygen atoms in total. The van der Waals surface area contributed by atoms with Crippen LogP contribution in [0.25, 0.3) is 0 Å². The molecule has 0 rings (SSSR count). The van der Waals surface area contributed by atoms with Crippen molar-refractivity contribution in [2.45, 2.75) is 334 Å². The average Bonchev–Trinajstić information content (AvgIpc) is 3.34. The first-order valence-electron chi connectivity index (χ1n) is 30.3. The smallest absolute Gasteiger partial charge is 0.305 e. The van der Waals surface area contributed by atoms with E-state index in [1.54, 1.807) is 6.08 Å². The van der Waals surface area contributed by atoms with Crippen LogP contribution in [0, 0.1) is 0 Å². The number of aliphatic hydroxyl groups is 2. The molecule has 3 N–H and O–H groups in total. The molecule has 0 aliphatic rings. The van der Waals surface area contributed by atoms with E-state index in [9.17, 15) is 19.8 Å². The van der Waals surface area contributed by atoms with E-state index in [0.717, 1.165) is 83.5 Å². The Morgan fingerprint density at radius 1 is 0.412 bits per heavy atom. The number of amides is 1. The van der Waals surface area contributed by atoms with Crippen LogP contribution in [-0.2, 0) is 14.3 Å². The Morgan fingerprint density at radius 2 is 0.735 bits per heavy atom. The van der Waals surface area contributed by atoms with Crippen LogP contribution >= 0.6 is 0 Å². The van der Waals surface area contributed by atoms with Crippen LogP contribution in [-0.4, -0.2) is 47.4 Å². The summed E-state index contributed by atoms with van der Waals surface area (Å²) in [4.78, 5) is 24.5. The number of ether oxygens (including phenoxy) is 1. The predicted molar refractivity (Wildman–Crippen MR) is 296 cm³/mol. The van der Waals surface area contributed by atoms with Crippen molar-refractivity contribution in [1.29, 1.82) is 0 Å². The van der Waals surface area contributed by atoms with E-state index in [1.165, 1.54) is 212 Å². The van der Waals surface area contributed by atoms with Crippen molar-refractivity contribution in [3.8, 4) is 0 Å². The molecule has 2 unspecified atom stereocenters. The van der Waals surface area contributed by atoms with Gasteiger partial charge in [0.1, 0.15) is 0 Å². The van der Waals surface area contributed by atoms with Gasteiger partial charge in [-0.15, -0.1) is 0 Å². The molecule has 1 amide bonds. The molecule has 400 valence electrons. The van der Waals surface area contributed by atoms with Crippen molar-refractivity contribution < 1.29 is 24.5 Å². The summed E-state index contributed by atoms with van der Waals surface area (Å²) in [5, 5.41) is 23.1. The zero-order chi connectivity index (χ0) is 49.3. The van der Waals surface area contributed by atoms with E-state index in [-0.39, 0.29) is 18.5 Å². The Balaban J connectivity index is 3.51. The number of allylic oxidation sites excluding steroid dienone is 5. The molecule has 0 saturated heterocycles. The molecule has 0 aromatic heterocycles. The standard InChI is InChI=1S/C62H117NO5/c1-3-5-7-9-11-13-15-17-19-22-26-30-34-38-42-46-50-54-60(65)59(58-64)63-61(66)55-51-47-43-39-35-31-27-24-21-25-29-33-37-41-45-49-53-57-68-62(67)56-52-48-44-40-36-32-28-23-20-18-16-14-12-10-8-6-4-2/h21,25,33,37,50,54,59-60,64-65H,3-20,22-24,26-32,34-36,38-49,51-53,55-58H2,1-2H3,(H,63,66)/b25-21-,37-33-,54-50+. The molecular weight excluding hydrogens is 839 g/mol. The summed E-state index contributed by atoms with van der Waals surface area (Å²) >= 11 is 0. The zero-order valence-electron chi connectivity index (χ0n) is 45.6. The Morgan fingerprint density at radius 3 is 1.12 bits per heavy atom. The second-order valence-corrected chi connectivity index (χ2v) is 20.7. The minimum absolute atomic E-state index is 0.0124. The van der Waals surface area contributed by atoms with Gasteiger partial charge in [-0.3, -0.25) is 9.59 Å². The van der Waals surface area contributed by atoms with Gasteiger partial charge in [-0.2, -0.15) is 0 Å². The molecule has 0 spiro atoms. The maximum absolute atomic E-state index is 12.5. The van der Waals surface area contributed by atoms with Gasteiger partial charge in [0.25, 0.3) is 0 Å². The number of aliphatic hydroxyl groups excluding tert-OH is 2. The predicted octanol–water partition coefficient (Wildman–Crippen LogP) is 18.8. The lowest BCUT2D eigenvalue weighted by molar-refractivity contribution is -0.143. The van der Waals surface area contributed by atoms with Crippen LogP contribution in [0.1, 0.15) is 322 Å². The molecule has 0 fully saturated rings. The highest BCUT2D eigenvalue weighted by atomic mass is 16.5. The lowest BCUT2D eigenvalue weighted by Gasteiger charge is -2.20. The fourth-order valence-corrected chi connectivity index (χ4v) is 9.25. The van der Waals surface area contributed by atoms with E-state index >= 15 is 0 Å².